The van der Waals surface area contributed by atoms with Crippen LogP contribution < -0.4 is 26.1 Å². The highest BCUT2D eigenvalue weighted by molar-refractivity contribution is 5.92. The Balaban J connectivity index is 0.00000246. The summed E-state index contributed by atoms with van der Waals surface area (Å²) in [5, 5.41) is 7.10. The van der Waals surface area contributed by atoms with Crippen molar-refractivity contribution in [2.45, 2.75) is 45.0 Å². The van der Waals surface area contributed by atoms with Gasteiger partial charge in [0.05, 0.1) is 19.6 Å². The number of aromatic nitrogens is 1. The highest BCUT2D eigenvalue weighted by Crippen LogP contribution is 2.22. The van der Waals surface area contributed by atoms with Crippen molar-refractivity contribution >= 4 is 18.0 Å². The molecule has 15 heteroatoms. The molecule has 1 aromatic heterocycles. The minimum atomic E-state index is -3.30. The van der Waals surface area contributed by atoms with E-state index in [0.717, 1.165) is 10.6 Å². The number of hydrogen-bond acceptors (Lipinski definition) is 8. The quantitative estimate of drug-likeness (QED) is 0.0758. The van der Waals surface area contributed by atoms with Gasteiger partial charge in [0, 0.05) is 44.7 Å². The molecule has 1 heterocycles. The zero-order valence-corrected chi connectivity index (χ0v) is 26.1. The van der Waals surface area contributed by atoms with Gasteiger partial charge in [-0.3, -0.25) is 19.4 Å². The molecule has 1 atom stereocenters. The molecule has 0 saturated heterocycles. The highest BCUT2D eigenvalue weighted by atomic mass is 19.3. The first-order valence-electron chi connectivity index (χ1n) is 14.4. The van der Waals surface area contributed by atoms with E-state index in [0.29, 0.717) is 43.6 Å². The largest absolute Gasteiger partial charge is 0.491 e. The van der Waals surface area contributed by atoms with E-state index in [9.17, 15) is 22.8 Å². The van der Waals surface area contributed by atoms with Crippen molar-refractivity contribution in [3.63, 3.8) is 0 Å². The van der Waals surface area contributed by atoms with Crippen LogP contribution in [0.2, 0.25) is 0 Å². The molecule has 1 unspecified atom stereocenters. The van der Waals surface area contributed by atoms with Crippen LogP contribution in [-0.4, -0.2) is 61.0 Å². The lowest BCUT2D eigenvalue weighted by molar-refractivity contribution is -0.159. The van der Waals surface area contributed by atoms with E-state index in [-0.39, 0.29) is 44.0 Å². The third kappa shape index (κ3) is 15.6. The van der Waals surface area contributed by atoms with Crippen LogP contribution in [0.5, 0.6) is 11.5 Å². The number of methoxy groups -OCH3 is 1. The predicted octanol–water partition coefficient (Wildman–Crippen LogP) is 4.88. The lowest BCUT2D eigenvalue weighted by Crippen LogP contribution is -2.26. The molecule has 0 aliphatic rings. The van der Waals surface area contributed by atoms with Crippen molar-refractivity contribution in [1.82, 2.24) is 9.58 Å². The summed E-state index contributed by atoms with van der Waals surface area (Å²) in [6.07, 6.45) is 0.463. The molecule has 0 aliphatic heterocycles. The van der Waals surface area contributed by atoms with E-state index >= 15 is 0 Å². The van der Waals surface area contributed by atoms with Gasteiger partial charge < -0.3 is 29.8 Å². The first kappa shape index (κ1) is 38.0. The number of halogens is 3. The third-order valence-corrected chi connectivity index (χ3v) is 6.12. The number of benzene rings is 2. The number of pyridine rings is 1. The molecular weight excluding hydrogens is 621 g/mol. The SMILES string of the molecule is COCCOc1cccc(CC(=O)Nc2ccn(CCC(F)CN(/C=C/Cc3cccc(OC(C)(F)F)c3)N=N)c(=O)c2)c1.NC=O. The second-order valence-electron chi connectivity index (χ2n) is 10.1. The Morgan fingerprint density at radius 3 is 2.47 bits per heavy atom. The van der Waals surface area contributed by atoms with Crippen LogP contribution in [0.4, 0.5) is 18.9 Å². The first-order valence-corrected chi connectivity index (χ1v) is 14.4. The summed E-state index contributed by atoms with van der Waals surface area (Å²) < 4.78 is 57.3. The summed E-state index contributed by atoms with van der Waals surface area (Å²) in [6.45, 7) is 1.35. The van der Waals surface area contributed by atoms with Gasteiger partial charge in [0.2, 0.25) is 12.3 Å². The van der Waals surface area contributed by atoms with Crippen molar-refractivity contribution in [3.8, 4) is 11.5 Å². The third-order valence-electron chi connectivity index (χ3n) is 6.12. The van der Waals surface area contributed by atoms with E-state index < -0.39 is 17.8 Å². The number of ether oxygens (including phenoxy) is 3. The Morgan fingerprint density at radius 2 is 1.81 bits per heavy atom. The number of amides is 2. The minimum absolute atomic E-state index is 0.0150. The van der Waals surface area contributed by atoms with Crippen molar-refractivity contribution in [1.29, 1.82) is 5.53 Å². The standard InChI is InChI=1S/C31H36F3N5O5.CH3NO/c1-31(33,34)44-28-10-3-6-23(18-28)8-5-13-39(37-35)22-25(32)11-14-38-15-12-26(21-30(38)41)36-29(40)20-24-7-4-9-27(19-24)43-17-16-42-2;2-1-3/h3-7,9-10,12-13,15,18-19,21,25,35H,8,11,14,16-17,20,22H2,1-2H3,(H,36,40);1H,(H2,2,3)/b13-5+,37-35?;. The molecular formula is C32H39F3N6O6. The molecule has 3 rings (SSSR count). The van der Waals surface area contributed by atoms with Gasteiger partial charge in [-0.25, -0.2) is 4.39 Å². The van der Waals surface area contributed by atoms with Gasteiger partial charge in [-0.2, -0.15) is 14.3 Å². The molecule has 0 radical (unpaired) electrons. The molecule has 2 amide bonds. The maximum atomic E-state index is 14.7. The van der Waals surface area contributed by atoms with Crippen molar-refractivity contribution in [3.05, 3.63) is 101 Å². The van der Waals surface area contributed by atoms with E-state index in [2.05, 4.69) is 21.0 Å². The van der Waals surface area contributed by atoms with Crippen LogP contribution in [0, 0.1) is 5.53 Å². The number of carbonyl (C=O) groups is 2. The number of alkyl halides is 3. The number of allylic oxidation sites excluding steroid dienone is 1. The van der Waals surface area contributed by atoms with Crippen LogP contribution in [0.1, 0.15) is 24.5 Å². The Kier molecular flexibility index (Phi) is 16.2. The Bertz CT molecular complexity index is 1510. The van der Waals surface area contributed by atoms with Crippen LogP contribution in [0.3, 0.4) is 0 Å². The van der Waals surface area contributed by atoms with Gasteiger partial charge in [-0.1, -0.05) is 35.6 Å². The number of aryl methyl sites for hydroxylation is 1. The fourth-order valence-corrected chi connectivity index (χ4v) is 4.11. The first-order chi connectivity index (χ1) is 22.5. The fourth-order valence-electron chi connectivity index (χ4n) is 4.11. The summed E-state index contributed by atoms with van der Waals surface area (Å²) >= 11 is 0. The zero-order valence-electron chi connectivity index (χ0n) is 26.1. The van der Waals surface area contributed by atoms with E-state index in [4.69, 9.17) is 19.8 Å². The molecule has 0 fully saturated rings. The molecule has 47 heavy (non-hydrogen) atoms. The van der Waals surface area contributed by atoms with E-state index in [1.807, 2.05) is 0 Å². The highest BCUT2D eigenvalue weighted by Gasteiger charge is 2.23. The predicted molar refractivity (Wildman–Crippen MR) is 169 cm³/mol. The van der Waals surface area contributed by atoms with Gasteiger partial charge in [0.1, 0.15) is 24.3 Å². The number of hydrogen-bond donors (Lipinski definition) is 3. The molecule has 12 nitrogen and oxygen atoms in total. The number of nitrogens with one attached hydrogen (secondary N) is 2. The number of anilines is 1. The molecule has 3 aromatic rings. The maximum absolute atomic E-state index is 14.7. The van der Waals surface area contributed by atoms with Crippen molar-refractivity contribution < 1.29 is 37.0 Å². The van der Waals surface area contributed by atoms with E-state index in [1.165, 1.54) is 35.2 Å². The average molecular weight is 661 g/mol. The molecule has 0 saturated carbocycles. The molecule has 0 bridgehead atoms. The molecule has 254 valence electrons. The lowest BCUT2D eigenvalue weighted by Gasteiger charge is -2.16. The topological polar surface area (TPSA) is 161 Å². The fraction of sp³-hybridized carbons (Fsp3) is 0.344. The van der Waals surface area contributed by atoms with Crippen molar-refractivity contribution in [2.75, 3.05) is 32.2 Å². The van der Waals surface area contributed by atoms with Crippen LogP contribution in [0.25, 0.3) is 0 Å². The number of rotatable bonds is 18. The minimum Gasteiger partial charge on any atom is -0.491 e. The normalized spacial score (nSPS) is 11.6. The summed E-state index contributed by atoms with van der Waals surface area (Å²) in [4.78, 5) is 33.7. The monoisotopic (exact) mass is 660 g/mol. The Labute approximate surface area is 270 Å². The Morgan fingerprint density at radius 1 is 1.13 bits per heavy atom. The van der Waals surface area contributed by atoms with Gasteiger partial charge in [0.25, 0.3) is 5.56 Å². The molecule has 2 aromatic carbocycles. The second-order valence-corrected chi connectivity index (χ2v) is 10.1. The lowest BCUT2D eigenvalue weighted by atomic mass is 10.1. The van der Waals surface area contributed by atoms with Crippen LogP contribution in [0.15, 0.2) is 89.2 Å². The van der Waals surface area contributed by atoms with Gasteiger partial charge in [-0.15, -0.1) is 0 Å². The molecule has 0 spiro atoms. The van der Waals surface area contributed by atoms with Gasteiger partial charge in [-0.05, 0) is 54.3 Å². The number of nitrogens with zero attached hydrogens (tertiary/aromatic N) is 3. The number of primary amides is 1. The molecule has 0 aliphatic carbocycles. The number of nitrogens with two attached hydrogens (primary N) is 1. The number of carbonyl (C=O) groups excluding carboxylic acids is 2. The van der Waals surface area contributed by atoms with Crippen LogP contribution in [-0.2, 0) is 33.7 Å². The zero-order chi connectivity index (χ0) is 34.7. The average Bonchev–Trinajstić information content (AvgIpc) is 3.00. The smallest absolute Gasteiger partial charge is 0.394 e. The maximum Gasteiger partial charge on any atom is 0.394 e. The summed E-state index contributed by atoms with van der Waals surface area (Å²) in [5.74, 6) is 0.332. The van der Waals surface area contributed by atoms with Crippen molar-refractivity contribution in [2.24, 2.45) is 11.0 Å². The van der Waals surface area contributed by atoms with Crippen LogP contribution >= 0.6 is 0 Å². The summed E-state index contributed by atoms with van der Waals surface area (Å²) in [7, 11) is 1.58. The second kappa shape index (κ2) is 20.0. The van der Waals surface area contributed by atoms with E-state index in [1.54, 1.807) is 55.7 Å². The Hall–Kier alpha value is -5.18. The summed E-state index contributed by atoms with van der Waals surface area (Å²) in [6, 6.07) is 16.2. The summed E-state index contributed by atoms with van der Waals surface area (Å²) in [5.41, 5.74) is 12.8. The van der Waals surface area contributed by atoms with Gasteiger partial charge in [0.15, 0.2) is 0 Å². The van der Waals surface area contributed by atoms with Gasteiger partial charge >= 0.3 is 6.11 Å². The molecule has 4 N–H and O–H groups in total.